The summed E-state index contributed by atoms with van der Waals surface area (Å²) in [5.41, 5.74) is 11.5. The summed E-state index contributed by atoms with van der Waals surface area (Å²) in [4.78, 5) is 0. The Labute approximate surface area is 196 Å². The van der Waals surface area contributed by atoms with Crippen LogP contribution < -0.4 is 5.73 Å². The summed E-state index contributed by atoms with van der Waals surface area (Å²) >= 11 is 12.6. The average Bonchev–Trinajstić information content (AvgIpc) is 2.81. The molecule has 0 atom stereocenters. The minimum absolute atomic E-state index is 0.551. The van der Waals surface area contributed by atoms with Gasteiger partial charge < -0.3 is 5.73 Å². The van der Waals surface area contributed by atoms with Crippen LogP contribution >= 0.6 is 23.2 Å². The van der Waals surface area contributed by atoms with Gasteiger partial charge in [-0.2, -0.15) is 0 Å². The summed E-state index contributed by atoms with van der Waals surface area (Å²) in [7, 11) is 0. The Balaban J connectivity index is 1.68. The highest BCUT2D eigenvalue weighted by Crippen LogP contribution is 2.42. The average molecular weight is 452 g/mol. The summed E-state index contributed by atoms with van der Waals surface area (Å²) in [6, 6.07) is 31.9. The Kier molecular flexibility index (Phi) is 4.58. The molecule has 154 valence electrons. The van der Waals surface area contributed by atoms with Crippen molar-refractivity contribution in [1.29, 1.82) is 0 Å². The second kappa shape index (κ2) is 7.50. The fourth-order valence-electron chi connectivity index (χ4n) is 4.83. The highest BCUT2D eigenvalue weighted by molar-refractivity contribution is 6.35. The molecule has 0 spiro atoms. The normalized spacial score (nSPS) is 11.7. The lowest BCUT2D eigenvalue weighted by Crippen LogP contribution is -1.95. The van der Waals surface area contributed by atoms with Crippen molar-refractivity contribution < 1.29 is 0 Å². The summed E-state index contributed by atoms with van der Waals surface area (Å²) in [6.07, 6.45) is 0. The van der Waals surface area contributed by atoms with Crippen LogP contribution in [0.25, 0.3) is 54.6 Å². The maximum atomic E-state index is 6.32. The second-order valence-electron chi connectivity index (χ2n) is 8.21. The molecule has 0 bridgehead atoms. The van der Waals surface area contributed by atoms with Gasteiger partial charge in [0.25, 0.3) is 0 Å². The van der Waals surface area contributed by atoms with Gasteiger partial charge in [0.15, 0.2) is 0 Å². The Bertz CT molecular complexity index is 1600. The zero-order valence-corrected chi connectivity index (χ0v) is 18.7. The van der Waals surface area contributed by atoms with E-state index in [1.807, 2.05) is 12.1 Å². The van der Waals surface area contributed by atoms with Crippen LogP contribution in [0.4, 0.5) is 0 Å². The molecule has 6 rings (SSSR count). The lowest BCUT2D eigenvalue weighted by Gasteiger charge is -2.17. The molecule has 0 unspecified atom stereocenters. The van der Waals surface area contributed by atoms with Gasteiger partial charge in [-0.05, 0) is 78.3 Å². The molecule has 0 aromatic heterocycles. The number of hydrogen-bond acceptors (Lipinski definition) is 1. The minimum atomic E-state index is 0.551. The number of benzene rings is 6. The molecule has 6 aromatic carbocycles. The van der Waals surface area contributed by atoms with Crippen LogP contribution in [0.15, 0.2) is 91.0 Å². The van der Waals surface area contributed by atoms with E-state index in [9.17, 15) is 0 Å². The number of rotatable bonds is 3. The first-order valence-corrected chi connectivity index (χ1v) is 11.3. The largest absolute Gasteiger partial charge is 0.326 e. The lowest BCUT2D eigenvalue weighted by atomic mass is 9.87. The standard InChI is InChI=1S/C29H19Cl2N/c30-22-13-21(14-23(31)15-22)25-10-6-20-7-11-26-24(18-3-1-17(16-32)2-4-18)9-5-19-8-12-27(25)29(20)28(19)26/h1-15H,16,32H2. The molecule has 32 heavy (non-hydrogen) atoms. The highest BCUT2D eigenvalue weighted by Gasteiger charge is 2.15. The molecule has 0 aliphatic carbocycles. The van der Waals surface area contributed by atoms with Gasteiger partial charge in [0.1, 0.15) is 0 Å². The van der Waals surface area contributed by atoms with Crippen LogP contribution in [0.5, 0.6) is 0 Å². The van der Waals surface area contributed by atoms with Crippen LogP contribution in [0.3, 0.4) is 0 Å². The van der Waals surface area contributed by atoms with Gasteiger partial charge in [0.05, 0.1) is 0 Å². The number of hydrogen-bond donors (Lipinski definition) is 1. The van der Waals surface area contributed by atoms with E-state index < -0.39 is 0 Å². The van der Waals surface area contributed by atoms with Crippen molar-refractivity contribution in [2.75, 3.05) is 0 Å². The van der Waals surface area contributed by atoms with E-state index in [1.165, 1.54) is 43.4 Å². The van der Waals surface area contributed by atoms with Crippen LogP contribution in [-0.4, -0.2) is 0 Å². The minimum Gasteiger partial charge on any atom is -0.326 e. The second-order valence-corrected chi connectivity index (χ2v) is 9.08. The van der Waals surface area contributed by atoms with Gasteiger partial charge >= 0.3 is 0 Å². The zero-order chi connectivity index (χ0) is 21.8. The lowest BCUT2D eigenvalue weighted by molar-refractivity contribution is 1.07. The van der Waals surface area contributed by atoms with Crippen molar-refractivity contribution >= 4 is 55.5 Å². The van der Waals surface area contributed by atoms with E-state index in [4.69, 9.17) is 28.9 Å². The van der Waals surface area contributed by atoms with Gasteiger partial charge in [0.2, 0.25) is 0 Å². The van der Waals surface area contributed by atoms with E-state index in [0.29, 0.717) is 16.6 Å². The Morgan fingerprint density at radius 3 is 1.56 bits per heavy atom. The van der Waals surface area contributed by atoms with Crippen molar-refractivity contribution in [3.05, 3.63) is 107 Å². The zero-order valence-electron chi connectivity index (χ0n) is 17.2. The van der Waals surface area contributed by atoms with Crippen molar-refractivity contribution in [2.45, 2.75) is 6.54 Å². The molecule has 0 saturated carbocycles. The third-order valence-electron chi connectivity index (χ3n) is 6.34. The fraction of sp³-hybridized carbons (Fsp3) is 0.0345. The van der Waals surface area contributed by atoms with Crippen molar-refractivity contribution in [3.8, 4) is 22.3 Å². The first-order valence-electron chi connectivity index (χ1n) is 10.6. The monoisotopic (exact) mass is 451 g/mol. The van der Waals surface area contributed by atoms with Crippen molar-refractivity contribution in [2.24, 2.45) is 5.73 Å². The van der Waals surface area contributed by atoms with Gasteiger partial charge in [-0.15, -0.1) is 0 Å². The smallest absolute Gasteiger partial charge is 0.0426 e. The summed E-state index contributed by atoms with van der Waals surface area (Å²) < 4.78 is 0. The Morgan fingerprint density at radius 1 is 0.531 bits per heavy atom. The third-order valence-corrected chi connectivity index (χ3v) is 6.78. The molecule has 0 amide bonds. The summed E-state index contributed by atoms with van der Waals surface area (Å²) in [6.45, 7) is 0.551. The predicted octanol–water partition coefficient (Wildman–Crippen LogP) is 8.68. The summed E-state index contributed by atoms with van der Waals surface area (Å²) in [5, 5.41) is 8.76. The third kappa shape index (κ3) is 3.05. The van der Waals surface area contributed by atoms with Crippen LogP contribution in [0.1, 0.15) is 5.56 Å². The van der Waals surface area contributed by atoms with Gasteiger partial charge in [-0.25, -0.2) is 0 Å². The SMILES string of the molecule is NCc1ccc(-c2ccc3ccc4c(-c5cc(Cl)cc(Cl)c5)ccc5ccc2c3c54)cc1. The maximum Gasteiger partial charge on any atom is 0.0426 e. The van der Waals surface area contributed by atoms with Crippen molar-refractivity contribution in [3.63, 3.8) is 0 Å². The molecule has 0 radical (unpaired) electrons. The first kappa shape index (κ1) is 19.6. The molecule has 0 aliphatic rings. The Hall–Kier alpha value is -3.10. The Morgan fingerprint density at radius 2 is 1.03 bits per heavy atom. The molecule has 6 aromatic rings. The number of halogens is 2. The van der Waals surface area contributed by atoms with E-state index in [1.54, 1.807) is 6.07 Å². The van der Waals surface area contributed by atoms with E-state index >= 15 is 0 Å². The molecule has 3 heteroatoms. The van der Waals surface area contributed by atoms with Gasteiger partial charge in [0, 0.05) is 16.6 Å². The summed E-state index contributed by atoms with van der Waals surface area (Å²) in [5.74, 6) is 0. The first-order chi connectivity index (χ1) is 15.6. The molecular formula is C29H19Cl2N. The van der Waals surface area contributed by atoms with Crippen LogP contribution in [0.2, 0.25) is 10.0 Å². The quantitative estimate of drug-likeness (QED) is 0.267. The topological polar surface area (TPSA) is 26.0 Å². The molecule has 0 saturated heterocycles. The molecule has 0 fully saturated rings. The number of nitrogens with two attached hydrogens (primary N) is 1. The maximum absolute atomic E-state index is 6.32. The molecule has 0 heterocycles. The van der Waals surface area contributed by atoms with E-state index in [2.05, 4.69) is 72.8 Å². The van der Waals surface area contributed by atoms with Crippen LogP contribution in [0, 0.1) is 0 Å². The molecule has 0 aliphatic heterocycles. The van der Waals surface area contributed by atoms with E-state index in [-0.39, 0.29) is 0 Å². The van der Waals surface area contributed by atoms with E-state index in [0.717, 1.165) is 16.7 Å². The fourth-order valence-corrected chi connectivity index (χ4v) is 5.36. The predicted molar refractivity (Wildman–Crippen MR) is 139 cm³/mol. The highest BCUT2D eigenvalue weighted by atomic mass is 35.5. The van der Waals surface area contributed by atoms with Gasteiger partial charge in [-0.3, -0.25) is 0 Å². The van der Waals surface area contributed by atoms with Crippen molar-refractivity contribution in [1.82, 2.24) is 0 Å². The molecule has 2 N–H and O–H groups in total. The van der Waals surface area contributed by atoms with Gasteiger partial charge in [-0.1, -0.05) is 96.0 Å². The van der Waals surface area contributed by atoms with Crippen LogP contribution in [-0.2, 0) is 6.54 Å². The molecule has 1 nitrogen and oxygen atoms in total. The molecular weight excluding hydrogens is 433 g/mol.